The molecular weight excluding hydrogens is 210 g/mol. The molecular formula is C6H9OSi2Zn. The van der Waals surface area contributed by atoms with Crippen LogP contribution >= 0.6 is 0 Å². The van der Waals surface area contributed by atoms with Crippen LogP contribution in [0.1, 0.15) is 0 Å². The Hall–Kier alpha value is 0.237. The molecule has 0 N–H and O–H groups in total. The van der Waals surface area contributed by atoms with Gasteiger partial charge in [-0.3, -0.25) is 0 Å². The van der Waals surface area contributed by atoms with Gasteiger partial charge in [0.15, 0.2) is 20.2 Å². The Labute approximate surface area is 79.4 Å². The Balaban J connectivity index is 0.000000810. The summed E-state index contributed by atoms with van der Waals surface area (Å²) in [4.78, 5) is 0. The average Bonchev–Trinajstić information content (AvgIpc) is 1.91. The fourth-order valence-corrected chi connectivity index (χ4v) is 2.10. The molecule has 0 aliphatic carbocycles. The Morgan fingerprint density at radius 1 is 1.20 bits per heavy atom. The van der Waals surface area contributed by atoms with Gasteiger partial charge in [-0.1, -0.05) is 30.3 Å². The summed E-state index contributed by atoms with van der Waals surface area (Å²) in [6, 6.07) is 10.3. The Morgan fingerprint density at radius 3 is 2.30 bits per heavy atom. The molecule has 0 fully saturated rings. The van der Waals surface area contributed by atoms with Gasteiger partial charge >= 0.3 is 0 Å². The van der Waals surface area contributed by atoms with Crippen molar-refractivity contribution in [2.75, 3.05) is 0 Å². The number of benzene rings is 1. The van der Waals surface area contributed by atoms with E-state index in [0.29, 0.717) is 0 Å². The smallest absolute Gasteiger partial charge is 0.178 e. The summed E-state index contributed by atoms with van der Waals surface area (Å²) in [5, 5.41) is 1.37. The van der Waals surface area contributed by atoms with Crippen LogP contribution in [0.25, 0.3) is 0 Å². The summed E-state index contributed by atoms with van der Waals surface area (Å²) in [6.45, 7) is 0. The number of hydrogen-bond donors (Lipinski definition) is 0. The first-order chi connectivity index (χ1) is 4.43. The van der Waals surface area contributed by atoms with E-state index in [0.717, 1.165) is 0 Å². The summed E-state index contributed by atoms with van der Waals surface area (Å²) < 4.78 is 5.09. The van der Waals surface area contributed by atoms with Crippen LogP contribution in [0.2, 0.25) is 0 Å². The fraction of sp³-hybridized carbons (Fsp3) is 0. The van der Waals surface area contributed by atoms with Crippen LogP contribution in [0.3, 0.4) is 0 Å². The quantitative estimate of drug-likeness (QED) is 0.577. The van der Waals surface area contributed by atoms with E-state index in [4.69, 9.17) is 4.12 Å². The van der Waals surface area contributed by atoms with Crippen LogP contribution in [-0.2, 0) is 23.6 Å². The Bertz CT molecular complexity index is 169. The van der Waals surface area contributed by atoms with Gasteiger partial charge in [0.05, 0.1) is 0 Å². The number of rotatable bonds is 2. The molecule has 0 amide bonds. The maximum absolute atomic E-state index is 5.09. The zero-order valence-electron chi connectivity index (χ0n) is 5.92. The van der Waals surface area contributed by atoms with E-state index in [9.17, 15) is 0 Å². The zero-order valence-corrected chi connectivity index (χ0v) is 11.7. The summed E-state index contributed by atoms with van der Waals surface area (Å²) in [6.07, 6.45) is 0. The van der Waals surface area contributed by atoms with Crippen LogP contribution in [-0.4, -0.2) is 20.2 Å². The van der Waals surface area contributed by atoms with Gasteiger partial charge < -0.3 is 4.12 Å². The first-order valence-electron chi connectivity index (χ1n) is 2.84. The van der Waals surface area contributed by atoms with Gasteiger partial charge in [0.1, 0.15) is 0 Å². The van der Waals surface area contributed by atoms with Crippen LogP contribution in [0.5, 0.6) is 0 Å². The van der Waals surface area contributed by atoms with E-state index >= 15 is 0 Å². The molecule has 0 unspecified atom stereocenters. The van der Waals surface area contributed by atoms with Crippen molar-refractivity contribution < 1.29 is 23.6 Å². The normalized spacial score (nSPS) is 9.70. The zero-order chi connectivity index (χ0) is 6.53. The molecule has 1 aromatic rings. The van der Waals surface area contributed by atoms with Crippen molar-refractivity contribution in [2.45, 2.75) is 0 Å². The average molecular weight is 219 g/mol. The molecule has 1 aromatic carbocycles. The van der Waals surface area contributed by atoms with E-state index < -0.39 is 0 Å². The monoisotopic (exact) mass is 217 g/mol. The maximum Gasteiger partial charge on any atom is 0.178 e. The molecule has 4 heteroatoms. The Kier molecular flexibility index (Phi) is 6.12. The third-order valence-electron chi connectivity index (χ3n) is 1.11. The molecule has 1 rings (SSSR count). The van der Waals surface area contributed by atoms with Crippen molar-refractivity contribution in [3.8, 4) is 0 Å². The van der Waals surface area contributed by atoms with Gasteiger partial charge in [-0.2, -0.15) is 0 Å². The molecule has 0 saturated heterocycles. The molecule has 0 aliphatic rings. The van der Waals surface area contributed by atoms with Gasteiger partial charge in [0.25, 0.3) is 0 Å². The van der Waals surface area contributed by atoms with Crippen molar-refractivity contribution in [1.29, 1.82) is 0 Å². The summed E-state index contributed by atoms with van der Waals surface area (Å²) in [5.41, 5.74) is 0. The molecule has 0 heterocycles. The van der Waals surface area contributed by atoms with E-state index in [1.54, 1.807) is 10.5 Å². The molecule has 10 heavy (non-hydrogen) atoms. The summed E-state index contributed by atoms with van der Waals surface area (Å²) in [7, 11) is 1.20. The largest absolute Gasteiger partial charge is 0.462 e. The minimum Gasteiger partial charge on any atom is -0.462 e. The second-order valence-corrected chi connectivity index (χ2v) is 4.57. The topological polar surface area (TPSA) is 9.23 Å². The maximum atomic E-state index is 5.09. The number of hydrogen-bond acceptors (Lipinski definition) is 1. The van der Waals surface area contributed by atoms with Crippen molar-refractivity contribution in [3.63, 3.8) is 0 Å². The van der Waals surface area contributed by atoms with Gasteiger partial charge in [-0.05, 0) is 5.19 Å². The predicted octanol–water partition coefficient (Wildman–Crippen LogP) is -1.04. The van der Waals surface area contributed by atoms with Gasteiger partial charge in [-0.25, -0.2) is 0 Å². The first-order valence-corrected chi connectivity index (χ1v) is 4.70. The molecule has 0 bridgehead atoms. The molecule has 0 saturated carbocycles. The first kappa shape index (κ1) is 10.2. The minimum atomic E-state index is -0.389. The van der Waals surface area contributed by atoms with Gasteiger partial charge in [0, 0.05) is 19.5 Å². The van der Waals surface area contributed by atoms with Crippen molar-refractivity contribution in [3.05, 3.63) is 30.3 Å². The van der Waals surface area contributed by atoms with Gasteiger partial charge in [0.2, 0.25) is 0 Å². The van der Waals surface area contributed by atoms with Crippen molar-refractivity contribution >= 4 is 25.4 Å². The van der Waals surface area contributed by atoms with Crippen molar-refractivity contribution in [1.82, 2.24) is 0 Å². The second-order valence-electron chi connectivity index (χ2n) is 1.83. The van der Waals surface area contributed by atoms with Crippen LogP contribution in [0.4, 0.5) is 0 Å². The molecule has 49 valence electrons. The third kappa shape index (κ3) is 3.42. The molecule has 0 aromatic heterocycles. The molecule has 0 spiro atoms. The van der Waals surface area contributed by atoms with E-state index in [1.807, 2.05) is 18.2 Å². The van der Waals surface area contributed by atoms with Crippen LogP contribution in [0, 0.1) is 0 Å². The second kappa shape index (κ2) is 5.98. The summed E-state index contributed by atoms with van der Waals surface area (Å²) in [5.74, 6) is 0. The SMILES string of the molecule is [SiH2]O[SiH2]c1ccccc1.[Zn]. The van der Waals surface area contributed by atoms with E-state index in [2.05, 4.69) is 12.1 Å². The molecule has 0 atom stereocenters. The predicted molar refractivity (Wildman–Crippen MR) is 44.2 cm³/mol. The standard InChI is InChI=1S/C6H9OSi2.Zn/c8-7-9-6-4-2-1-3-5-6;/h1-5H,8-9H2;. The van der Waals surface area contributed by atoms with Crippen molar-refractivity contribution in [2.24, 2.45) is 0 Å². The van der Waals surface area contributed by atoms with Gasteiger partial charge in [-0.15, -0.1) is 0 Å². The van der Waals surface area contributed by atoms with E-state index in [1.165, 1.54) is 5.19 Å². The van der Waals surface area contributed by atoms with E-state index in [-0.39, 0.29) is 29.2 Å². The van der Waals surface area contributed by atoms with Crippen LogP contribution < -0.4 is 5.19 Å². The molecule has 1 radical (unpaired) electrons. The van der Waals surface area contributed by atoms with Crippen LogP contribution in [0.15, 0.2) is 30.3 Å². The summed E-state index contributed by atoms with van der Waals surface area (Å²) >= 11 is 0. The molecule has 1 nitrogen and oxygen atoms in total. The third-order valence-corrected chi connectivity index (χ3v) is 2.73. The Morgan fingerprint density at radius 2 is 1.80 bits per heavy atom. The molecule has 0 aliphatic heterocycles. The fourth-order valence-electron chi connectivity index (χ4n) is 0.692. The minimum absolute atomic E-state index is 0.